The van der Waals surface area contributed by atoms with E-state index in [4.69, 9.17) is 19.8 Å². The highest BCUT2D eigenvalue weighted by molar-refractivity contribution is 6.25. The third-order valence-corrected chi connectivity index (χ3v) is 0.167. The van der Waals surface area contributed by atoms with Crippen molar-refractivity contribution in [1.82, 2.24) is 6.15 Å². The fourth-order valence-electron chi connectivity index (χ4n) is 0. The van der Waals surface area contributed by atoms with Gasteiger partial charge in [-0.05, 0) is 0 Å². The molecule has 0 aromatic carbocycles. The molecule has 5 heteroatoms. The topological polar surface area (TPSA) is 117 Å². The largest absolute Gasteiger partial charge is 0.543 e. The van der Waals surface area contributed by atoms with Gasteiger partial charge in [0.25, 0.3) is 0 Å². The maximum Gasteiger partial charge on any atom is 0.0870 e. The summed E-state index contributed by atoms with van der Waals surface area (Å²) in [6.45, 7) is 0. The molecule has 0 saturated heterocycles. The minimum absolute atomic E-state index is 0. The number of carbonyl (C=O) groups is 2. The van der Waals surface area contributed by atoms with Crippen molar-refractivity contribution in [3.8, 4) is 0 Å². The van der Waals surface area contributed by atoms with Crippen molar-refractivity contribution in [2.45, 2.75) is 0 Å². The third kappa shape index (κ3) is 4.90. The Kier molecular flexibility index (Phi) is 4.13. The Bertz CT molecular complexity index is 75.7. The van der Waals surface area contributed by atoms with E-state index in [1.54, 1.807) is 0 Å². The summed E-state index contributed by atoms with van der Waals surface area (Å²) in [7, 11) is 0. The molecule has 0 radical (unpaired) electrons. The molecule has 0 fully saturated rings. The van der Waals surface area contributed by atoms with E-state index in [0.29, 0.717) is 0 Å². The molecular formula is C2H4NO4-. The maximum atomic E-state index is 8.93. The molecule has 0 bridgehead atoms. The highest BCUT2D eigenvalue weighted by Gasteiger charge is 1.74. The summed E-state index contributed by atoms with van der Waals surface area (Å²) in [6, 6.07) is 0. The highest BCUT2D eigenvalue weighted by atomic mass is 16.4. The lowest BCUT2D eigenvalue weighted by molar-refractivity contribution is -0.345. The van der Waals surface area contributed by atoms with Crippen LogP contribution in [0.5, 0.6) is 0 Å². The second kappa shape index (κ2) is 3.10. The van der Waals surface area contributed by atoms with Crippen LogP contribution in [-0.2, 0) is 9.59 Å². The van der Waals surface area contributed by atoms with Gasteiger partial charge in [0.05, 0.1) is 11.9 Å². The van der Waals surface area contributed by atoms with Gasteiger partial charge in [-0.2, -0.15) is 0 Å². The number of carboxylic acid groups (broad SMARTS) is 2. The molecule has 0 amide bonds. The van der Waals surface area contributed by atoms with Crippen molar-refractivity contribution in [1.29, 1.82) is 0 Å². The zero-order valence-electron chi connectivity index (χ0n) is 3.63. The summed E-state index contributed by atoms with van der Waals surface area (Å²) in [4.78, 5) is 17.9. The van der Waals surface area contributed by atoms with E-state index in [-0.39, 0.29) is 6.15 Å². The molecule has 0 rings (SSSR count). The minimum atomic E-state index is -2.19. The summed E-state index contributed by atoms with van der Waals surface area (Å²) in [5, 5.41) is 17.9. The van der Waals surface area contributed by atoms with Crippen molar-refractivity contribution in [2.75, 3.05) is 0 Å². The lowest BCUT2D eigenvalue weighted by atomic mass is 10.7. The van der Waals surface area contributed by atoms with Gasteiger partial charge in [-0.1, -0.05) is 0 Å². The van der Waals surface area contributed by atoms with Gasteiger partial charge in [0.1, 0.15) is 0 Å². The fourth-order valence-corrected chi connectivity index (χ4v) is 0. The number of aliphatic carboxylic acids is 2. The molecule has 0 aromatic rings. The zero-order chi connectivity index (χ0) is 5.15. The van der Waals surface area contributed by atoms with Crippen LogP contribution in [0.25, 0.3) is 0 Å². The lowest BCUT2D eigenvalue weighted by Crippen LogP contribution is -2.42. The van der Waals surface area contributed by atoms with Crippen molar-refractivity contribution >= 4 is 11.9 Å². The zero-order valence-corrected chi connectivity index (χ0v) is 3.63. The van der Waals surface area contributed by atoms with Crippen molar-refractivity contribution < 1.29 is 19.8 Å². The van der Waals surface area contributed by atoms with E-state index < -0.39 is 11.9 Å². The van der Waals surface area contributed by atoms with Crippen LogP contribution in [0, 0.1) is 0 Å². The van der Waals surface area contributed by atoms with E-state index >= 15 is 0 Å². The number of carboxylic acids is 2. The Morgan fingerprint density at radius 3 is 1.14 bits per heavy atom. The number of quaternary nitrogens is 1. The van der Waals surface area contributed by atoms with Crippen LogP contribution in [0.15, 0.2) is 0 Å². The number of carbonyl (C=O) groups excluding carboxylic acids is 2. The Morgan fingerprint density at radius 2 is 1.14 bits per heavy atom. The molecule has 0 atom stereocenters. The maximum absolute atomic E-state index is 8.93. The van der Waals surface area contributed by atoms with E-state index in [1.165, 1.54) is 0 Å². The molecule has 7 heavy (non-hydrogen) atoms. The summed E-state index contributed by atoms with van der Waals surface area (Å²) >= 11 is 0. The smallest absolute Gasteiger partial charge is 0.0870 e. The fraction of sp³-hybridized carbons (Fsp3) is 0. The lowest BCUT2D eigenvalue weighted by Gasteiger charge is -1.97. The van der Waals surface area contributed by atoms with E-state index in [0.717, 1.165) is 0 Å². The highest BCUT2D eigenvalue weighted by Crippen LogP contribution is 1.41. The van der Waals surface area contributed by atoms with E-state index in [1.807, 2.05) is 0 Å². The van der Waals surface area contributed by atoms with E-state index in [9.17, 15) is 0 Å². The molecule has 0 unspecified atom stereocenters. The predicted octanol–water partition coefficient (Wildman–Crippen LogP) is -3.14. The van der Waals surface area contributed by atoms with Gasteiger partial charge in [0, 0.05) is 0 Å². The average molecular weight is 106 g/mol. The Labute approximate surface area is 39.2 Å². The molecule has 5 nitrogen and oxygen atoms in total. The van der Waals surface area contributed by atoms with Crippen LogP contribution < -0.4 is 16.4 Å². The van der Waals surface area contributed by atoms with Gasteiger partial charge in [-0.3, -0.25) is 0 Å². The van der Waals surface area contributed by atoms with Gasteiger partial charge >= 0.3 is 0 Å². The average Bonchev–Trinajstić information content (AvgIpc) is 1.36. The summed E-state index contributed by atoms with van der Waals surface area (Å²) in [5.74, 6) is -4.37. The van der Waals surface area contributed by atoms with Crippen molar-refractivity contribution in [2.24, 2.45) is 0 Å². The standard InChI is InChI=1S/C2H2O4.H3N/c3-1(4)2(5)6;/h(H,3,4)(H,5,6);1H3/p-1. The monoisotopic (exact) mass is 106 g/mol. The Hall–Kier alpha value is -1.10. The molecule has 0 aromatic heterocycles. The molecule has 0 aliphatic rings. The van der Waals surface area contributed by atoms with E-state index in [2.05, 4.69) is 0 Å². The van der Waals surface area contributed by atoms with Crippen molar-refractivity contribution in [3.05, 3.63) is 0 Å². The number of hydrogen-bond donors (Lipinski definition) is 1. The van der Waals surface area contributed by atoms with Gasteiger partial charge < -0.3 is 26.0 Å². The molecule has 0 aliphatic heterocycles. The molecule has 0 saturated carbocycles. The first-order chi connectivity index (χ1) is 2.64. The molecule has 0 aliphatic carbocycles. The molecule has 0 heterocycles. The second-order valence-electron chi connectivity index (χ2n) is 0.575. The summed E-state index contributed by atoms with van der Waals surface area (Å²) in [5.41, 5.74) is 0. The SMILES string of the molecule is O=C([O-])C(=O)[O-].[NH4+]. The number of hydrogen-bond acceptors (Lipinski definition) is 4. The van der Waals surface area contributed by atoms with Crippen molar-refractivity contribution in [3.63, 3.8) is 0 Å². The quantitative estimate of drug-likeness (QED) is 0.328. The number of rotatable bonds is 0. The Morgan fingerprint density at radius 1 is 1.00 bits per heavy atom. The predicted molar refractivity (Wildman–Crippen MR) is 16.0 cm³/mol. The van der Waals surface area contributed by atoms with Crippen LogP contribution in [-0.4, -0.2) is 11.9 Å². The third-order valence-electron chi connectivity index (χ3n) is 0.167. The normalized spacial score (nSPS) is 6.29. The first-order valence-electron chi connectivity index (χ1n) is 1.07. The second-order valence-corrected chi connectivity index (χ2v) is 0.575. The van der Waals surface area contributed by atoms with Crippen LogP contribution in [0.2, 0.25) is 0 Å². The van der Waals surface area contributed by atoms with Crippen LogP contribution in [0.3, 0.4) is 0 Å². The van der Waals surface area contributed by atoms with Crippen LogP contribution in [0.4, 0.5) is 0 Å². The van der Waals surface area contributed by atoms with Gasteiger partial charge in [-0.15, -0.1) is 0 Å². The molecular weight excluding hydrogens is 102 g/mol. The molecule has 4 N–H and O–H groups in total. The molecule has 42 valence electrons. The summed E-state index contributed by atoms with van der Waals surface area (Å²) in [6.07, 6.45) is 0. The van der Waals surface area contributed by atoms with Gasteiger partial charge in [0.2, 0.25) is 0 Å². The first kappa shape index (κ1) is 9.31. The van der Waals surface area contributed by atoms with Crippen LogP contribution in [0.1, 0.15) is 0 Å². The minimum Gasteiger partial charge on any atom is -0.543 e. The van der Waals surface area contributed by atoms with Gasteiger partial charge in [0.15, 0.2) is 0 Å². The van der Waals surface area contributed by atoms with Gasteiger partial charge in [-0.25, -0.2) is 0 Å². The first-order valence-corrected chi connectivity index (χ1v) is 1.07. The Balaban J connectivity index is 0. The summed E-state index contributed by atoms with van der Waals surface area (Å²) < 4.78 is 0. The van der Waals surface area contributed by atoms with Crippen LogP contribution >= 0.6 is 0 Å². The molecule has 0 spiro atoms.